The van der Waals surface area contributed by atoms with E-state index in [9.17, 15) is 18.7 Å². The van der Waals surface area contributed by atoms with Gasteiger partial charge in [-0.2, -0.15) is 0 Å². The SMILES string of the molecule is C[C@H]1CN(c2ccncc2NC(=O)c2csc(-c3c(F)cccc3F)n2)C[C@@H](N)[C@@H]1O. The van der Waals surface area contributed by atoms with Crippen molar-refractivity contribution in [3.63, 3.8) is 0 Å². The van der Waals surface area contributed by atoms with Gasteiger partial charge in [-0.25, -0.2) is 13.8 Å². The van der Waals surface area contributed by atoms with Crippen LogP contribution >= 0.6 is 11.3 Å². The number of aromatic nitrogens is 2. The van der Waals surface area contributed by atoms with Gasteiger partial charge in [0.25, 0.3) is 5.91 Å². The molecule has 2 aromatic heterocycles. The van der Waals surface area contributed by atoms with Gasteiger partial charge in [0, 0.05) is 36.6 Å². The number of pyridine rings is 1. The van der Waals surface area contributed by atoms with Gasteiger partial charge < -0.3 is 21.1 Å². The number of halogens is 2. The number of carbonyl (C=O) groups is 1. The second-order valence-electron chi connectivity index (χ2n) is 7.52. The van der Waals surface area contributed by atoms with Crippen LogP contribution in [0, 0.1) is 17.6 Å². The van der Waals surface area contributed by atoms with Crippen molar-refractivity contribution in [1.29, 1.82) is 0 Å². The first-order chi connectivity index (χ1) is 14.8. The molecule has 0 radical (unpaired) electrons. The molecular weight excluding hydrogens is 424 g/mol. The molecule has 3 atom stereocenters. The number of rotatable bonds is 4. The molecule has 1 aliphatic heterocycles. The fourth-order valence-electron chi connectivity index (χ4n) is 3.65. The highest BCUT2D eigenvalue weighted by Gasteiger charge is 2.32. The number of hydrogen-bond donors (Lipinski definition) is 3. The number of hydrogen-bond acceptors (Lipinski definition) is 7. The third kappa shape index (κ3) is 4.27. The highest BCUT2D eigenvalue weighted by atomic mass is 32.1. The third-order valence-corrected chi connectivity index (χ3v) is 6.12. The smallest absolute Gasteiger partial charge is 0.275 e. The van der Waals surface area contributed by atoms with Gasteiger partial charge in [-0.05, 0) is 18.2 Å². The lowest BCUT2D eigenvalue weighted by Gasteiger charge is -2.40. The second-order valence-corrected chi connectivity index (χ2v) is 8.38. The number of benzene rings is 1. The zero-order valence-electron chi connectivity index (χ0n) is 16.6. The molecule has 1 fully saturated rings. The summed E-state index contributed by atoms with van der Waals surface area (Å²) >= 11 is 0.981. The van der Waals surface area contributed by atoms with E-state index in [2.05, 4.69) is 15.3 Å². The molecule has 0 saturated carbocycles. The van der Waals surface area contributed by atoms with Crippen LogP contribution < -0.4 is 16.0 Å². The number of nitrogens with one attached hydrogen (secondary N) is 1. The number of thiazole rings is 1. The summed E-state index contributed by atoms with van der Waals surface area (Å²) in [7, 11) is 0. The van der Waals surface area contributed by atoms with Crippen molar-refractivity contribution in [2.24, 2.45) is 11.7 Å². The number of aliphatic hydroxyl groups excluding tert-OH is 1. The Morgan fingerprint density at radius 3 is 2.74 bits per heavy atom. The third-order valence-electron chi connectivity index (χ3n) is 5.26. The lowest BCUT2D eigenvalue weighted by molar-refractivity contribution is 0.0785. The fraction of sp³-hybridized carbons (Fsp3) is 0.286. The molecule has 1 amide bonds. The van der Waals surface area contributed by atoms with Crippen LogP contribution in [0.5, 0.6) is 0 Å². The van der Waals surface area contributed by atoms with Crippen LogP contribution in [-0.2, 0) is 0 Å². The highest BCUT2D eigenvalue weighted by molar-refractivity contribution is 7.13. The Morgan fingerprint density at radius 1 is 1.29 bits per heavy atom. The minimum Gasteiger partial charge on any atom is -0.391 e. The van der Waals surface area contributed by atoms with E-state index in [0.29, 0.717) is 24.5 Å². The maximum absolute atomic E-state index is 14.0. The number of carbonyl (C=O) groups excluding carboxylic acids is 1. The molecule has 0 unspecified atom stereocenters. The van der Waals surface area contributed by atoms with Crippen molar-refractivity contribution in [3.8, 4) is 10.6 Å². The van der Waals surface area contributed by atoms with Crippen LogP contribution in [0.1, 0.15) is 17.4 Å². The van der Waals surface area contributed by atoms with Gasteiger partial charge in [-0.15, -0.1) is 11.3 Å². The minimum absolute atomic E-state index is 0.0385. The van der Waals surface area contributed by atoms with Crippen LogP contribution in [0.3, 0.4) is 0 Å². The Balaban J connectivity index is 1.56. The second kappa shape index (κ2) is 8.66. The van der Waals surface area contributed by atoms with Crippen LogP contribution in [0.25, 0.3) is 10.6 Å². The van der Waals surface area contributed by atoms with E-state index in [0.717, 1.165) is 23.5 Å². The summed E-state index contributed by atoms with van der Waals surface area (Å²) in [6.07, 6.45) is 2.52. The molecule has 1 aliphatic rings. The quantitative estimate of drug-likeness (QED) is 0.571. The predicted molar refractivity (Wildman–Crippen MR) is 115 cm³/mol. The minimum atomic E-state index is -0.742. The summed E-state index contributed by atoms with van der Waals surface area (Å²) in [4.78, 5) is 23.0. The summed E-state index contributed by atoms with van der Waals surface area (Å²) in [6.45, 7) is 2.90. The van der Waals surface area contributed by atoms with Crippen molar-refractivity contribution in [1.82, 2.24) is 9.97 Å². The molecule has 1 aromatic carbocycles. The van der Waals surface area contributed by atoms with E-state index in [1.807, 2.05) is 11.8 Å². The first kappa shape index (κ1) is 21.3. The van der Waals surface area contributed by atoms with Crippen LogP contribution in [0.4, 0.5) is 20.2 Å². The van der Waals surface area contributed by atoms with Crippen molar-refractivity contribution >= 4 is 28.6 Å². The normalized spacial score (nSPS) is 21.2. The highest BCUT2D eigenvalue weighted by Crippen LogP contribution is 2.31. The molecule has 1 saturated heterocycles. The molecule has 3 heterocycles. The largest absolute Gasteiger partial charge is 0.391 e. The number of nitrogens with zero attached hydrogens (tertiary/aromatic N) is 3. The fourth-order valence-corrected chi connectivity index (χ4v) is 4.50. The van der Waals surface area contributed by atoms with Crippen molar-refractivity contribution in [2.75, 3.05) is 23.3 Å². The summed E-state index contributed by atoms with van der Waals surface area (Å²) in [5.41, 5.74) is 7.00. The summed E-state index contributed by atoms with van der Waals surface area (Å²) < 4.78 is 28.1. The summed E-state index contributed by atoms with van der Waals surface area (Å²) in [6, 6.07) is 4.89. The Hall–Kier alpha value is -2.95. The van der Waals surface area contributed by atoms with Crippen molar-refractivity contribution in [2.45, 2.75) is 19.1 Å². The van der Waals surface area contributed by atoms with Gasteiger partial charge in [0.05, 0.1) is 29.2 Å². The molecular formula is C21H21F2N5O2S. The standard InChI is InChI=1S/C21H21F2N5O2S/c1-11-8-28(9-14(24)19(11)29)17-5-6-25-7-15(17)26-20(30)16-10-31-21(27-16)18-12(22)3-2-4-13(18)23/h2-7,10-11,14,19,29H,8-9,24H2,1H3,(H,26,30)/t11-,14+,19+/m0/s1. The Bertz CT molecular complexity index is 1080. The zero-order valence-corrected chi connectivity index (χ0v) is 17.4. The lowest BCUT2D eigenvalue weighted by Crippen LogP contribution is -2.55. The van der Waals surface area contributed by atoms with Gasteiger partial charge in [-0.3, -0.25) is 9.78 Å². The van der Waals surface area contributed by atoms with Gasteiger partial charge in [-0.1, -0.05) is 13.0 Å². The molecule has 0 bridgehead atoms. The van der Waals surface area contributed by atoms with Gasteiger partial charge in [0.2, 0.25) is 0 Å². The van der Waals surface area contributed by atoms with Gasteiger partial charge in [0.15, 0.2) is 0 Å². The lowest BCUT2D eigenvalue weighted by atomic mass is 9.92. The van der Waals surface area contributed by atoms with Crippen molar-refractivity contribution < 1.29 is 18.7 Å². The average Bonchev–Trinajstić information content (AvgIpc) is 3.22. The van der Waals surface area contributed by atoms with Crippen LogP contribution in [-0.4, -0.2) is 46.2 Å². The van der Waals surface area contributed by atoms with Crippen LogP contribution in [0.2, 0.25) is 0 Å². The van der Waals surface area contributed by atoms with Crippen molar-refractivity contribution in [3.05, 3.63) is 59.4 Å². The molecule has 4 N–H and O–H groups in total. The monoisotopic (exact) mass is 445 g/mol. The summed E-state index contributed by atoms with van der Waals surface area (Å²) in [5.74, 6) is -2.05. The Kier molecular flexibility index (Phi) is 5.94. The van der Waals surface area contributed by atoms with E-state index in [-0.39, 0.29) is 22.2 Å². The molecule has 4 rings (SSSR count). The van der Waals surface area contributed by atoms with Gasteiger partial charge in [0.1, 0.15) is 22.3 Å². The maximum Gasteiger partial charge on any atom is 0.275 e. The molecule has 0 spiro atoms. The van der Waals surface area contributed by atoms with E-state index in [1.54, 1.807) is 12.3 Å². The number of nitrogens with two attached hydrogens (primary N) is 1. The molecule has 0 aliphatic carbocycles. The van der Waals surface area contributed by atoms with Gasteiger partial charge >= 0.3 is 0 Å². The molecule has 31 heavy (non-hydrogen) atoms. The molecule has 3 aromatic rings. The first-order valence-electron chi connectivity index (χ1n) is 9.69. The predicted octanol–water partition coefficient (Wildman–Crippen LogP) is 2.88. The zero-order chi connectivity index (χ0) is 22.1. The Labute approximate surface area is 181 Å². The van der Waals surface area contributed by atoms with E-state index >= 15 is 0 Å². The number of amides is 1. The summed E-state index contributed by atoms with van der Waals surface area (Å²) in [5, 5.41) is 14.4. The molecule has 7 nitrogen and oxygen atoms in total. The average molecular weight is 445 g/mol. The molecule has 10 heteroatoms. The topological polar surface area (TPSA) is 104 Å². The van der Waals surface area contributed by atoms with E-state index in [4.69, 9.17) is 5.73 Å². The van der Waals surface area contributed by atoms with E-state index < -0.39 is 29.7 Å². The first-order valence-corrected chi connectivity index (χ1v) is 10.6. The van der Waals surface area contributed by atoms with E-state index in [1.165, 1.54) is 17.6 Å². The molecule has 162 valence electrons. The van der Waals surface area contributed by atoms with Crippen LogP contribution in [0.15, 0.2) is 42.0 Å². The number of aliphatic hydroxyl groups is 1. The maximum atomic E-state index is 14.0. The number of piperidine rings is 1. The Morgan fingerprint density at radius 2 is 2.03 bits per heavy atom. The number of anilines is 2.